The van der Waals surface area contributed by atoms with Crippen molar-refractivity contribution >= 4 is 11.8 Å². The van der Waals surface area contributed by atoms with Crippen LogP contribution in [0.25, 0.3) is 0 Å². The number of aliphatic hydroxyl groups excluding tert-OH is 2. The average Bonchev–Trinajstić information content (AvgIpc) is 2.13. The Balaban J connectivity index is 4.31. The summed E-state index contributed by atoms with van der Waals surface area (Å²) in [6.45, 7) is 6.85. The zero-order chi connectivity index (χ0) is 12.9. The Morgan fingerprint density at radius 1 is 0.812 bits per heavy atom. The summed E-state index contributed by atoms with van der Waals surface area (Å²) in [6.07, 6.45) is -3.50. The first kappa shape index (κ1) is 14.9. The number of hydrogen-bond donors (Lipinski definition) is 4. The molecule has 0 aromatic carbocycles. The van der Waals surface area contributed by atoms with Crippen LogP contribution in [0.4, 0.5) is 0 Å². The number of carbonyl (C=O) groups excluding carboxylic acids is 2. The fourth-order valence-electron chi connectivity index (χ4n) is 1.03. The molecule has 0 heterocycles. The van der Waals surface area contributed by atoms with Crippen LogP contribution >= 0.6 is 0 Å². The van der Waals surface area contributed by atoms with Gasteiger partial charge in [0.05, 0.1) is 0 Å². The van der Waals surface area contributed by atoms with Crippen LogP contribution < -0.4 is 10.6 Å². The topological polar surface area (TPSA) is 98.7 Å². The minimum absolute atomic E-state index is 0.164. The van der Waals surface area contributed by atoms with Crippen LogP contribution in [-0.4, -0.2) is 46.3 Å². The van der Waals surface area contributed by atoms with Crippen LogP contribution in [0.2, 0.25) is 0 Å². The highest BCUT2D eigenvalue weighted by Crippen LogP contribution is 1.96. The zero-order valence-corrected chi connectivity index (χ0v) is 10.0. The normalized spacial score (nSPS) is 14.8. The van der Waals surface area contributed by atoms with Gasteiger partial charge in [0.25, 0.3) is 11.8 Å². The lowest BCUT2D eigenvalue weighted by molar-refractivity contribution is -0.146. The van der Waals surface area contributed by atoms with E-state index in [4.69, 9.17) is 0 Å². The van der Waals surface area contributed by atoms with E-state index in [0.717, 1.165) is 0 Å². The molecule has 0 saturated carbocycles. The summed E-state index contributed by atoms with van der Waals surface area (Å²) in [7, 11) is 0. The Hall–Kier alpha value is -1.14. The molecule has 16 heavy (non-hydrogen) atoms. The lowest BCUT2D eigenvalue weighted by atomic mass is 10.1. The number of aliphatic hydroxyl groups is 2. The first-order valence-corrected chi connectivity index (χ1v) is 5.22. The van der Waals surface area contributed by atoms with E-state index in [0.29, 0.717) is 0 Å². The predicted molar refractivity (Wildman–Crippen MR) is 58.6 cm³/mol. The highest BCUT2D eigenvalue weighted by molar-refractivity contribution is 5.90. The van der Waals surface area contributed by atoms with Crippen molar-refractivity contribution in [3.63, 3.8) is 0 Å². The fraction of sp³-hybridized carbons (Fsp3) is 0.800. The molecule has 0 bridgehead atoms. The first-order chi connectivity index (χ1) is 7.25. The van der Waals surface area contributed by atoms with E-state index in [9.17, 15) is 19.8 Å². The average molecular weight is 232 g/mol. The molecule has 0 unspecified atom stereocenters. The van der Waals surface area contributed by atoms with Gasteiger partial charge < -0.3 is 20.8 Å². The smallest absolute Gasteiger partial charge is 0.252 e. The predicted octanol–water partition coefficient (Wildman–Crippen LogP) is -1.24. The van der Waals surface area contributed by atoms with Gasteiger partial charge in [-0.3, -0.25) is 9.59 Å². The molecular formula is C10H20N2O4. The molecule has 0 aromatic rings. The van der Waals surface area contributed by atoms with Crippen molar-refractivity contribution < 1.29 is 19.8 Å². The van der Waals surface area contributed by atoms with Crippen LogP contribution in [0.5, 0.6) is 0 Å². The van der Waals surface area contributed by atoms with Crippen molar-refractivity contribution in [1.29, 1.82) is 0 Å². The van der Waals surface area contributed by atoms with E-state index in [-0.39, 0.29) is 12.1 Å². The van der Waals surface area contributed by atoms with E-state index in [1.54, 1.807) is 27.7 Å². The van der Waals surface area contributed by atoms with Crippen LogP contribution in [0.1, 0.15) is 27.7 Å². The third-order valence-electron chi connectivity index (χ3n) is 1.70. The Labute approximate surface area is 95.0 Å². The molecule has 0 aromatic heterocycles. The molecular weight excluding hydrogens is 212 g/mol. The van der Waals surface area contributed by atoms with Gasteiger partial charge in [0, 0.05) is 12.1 Å². The molecule has 6 nitrogen and oxygen atoms in total. The van der Waals surface area contributed by atoms with Gasteiger partial charge in [-0.15, -0.1) is 0 Å². The van der Waals surface area contributed by atoms with Crippen molar-refractivity contribution in [2.75, 3.05) is 0 Å². The maximum absolute atomic E-state index is 11.3. The molecule has 0 saturated heterocycles. The maximum atomic E-state index is 11.3. The summed E-state index contributed by atoms with van der Waals surface area (Å²) in [6, 6.07) is -0.329. The van der Waals surface area contributed by atoms with Gasteiger partial charge in [-0.25, -0.2) is 0 Å². The van der Waals surface area contributed by atoms with Gasteiger partial charge in [-0.05, 0) is 27.7 Å². The largest absolute Gasteiger partial charge is 0.380 e. The lowest BCUT2D eigenvalue weighted by Crippen LogP contribution is -2.51. The second kappa shape index (κ2) is 6.44. The molecule has 0 rings (SSSR count). The summed E-state index contributed by atoms with van der Waals surface area (Å²) in [5.74, 6) is -1.53. The second-order valence-electron chi connectivity index (χ2n) is 4.22. The maximum Gasteiger partial charge on any atom is 0.252 e. The van der Waals surface area contributed by atoms with Crippen LogP contribution in [0.15, 0.2) is 0 Å². The number of nitrogens with one attached hydrogen (secondary N) is 2. The van der Waals surface area contributed by atoms with Gasteiger partial charge in [0.2, 0.25) is 0 Å². The Morgan fingerprint density at radius 2 is 1.06 bits per heavy atom. The van der Waals surface area contributed by atoms with Crippen molar-refractivity contribution in [2.45, 2.75) is 52.0 Å². The molecule has 4 N–H and O–H groups in total. The monoisotopic (exact) mass is 232 g/mol. The molecule has 0 spiro atoms. The molecule has 0 fully saturated rings. The first-order valence-electron chi connectivity index (χ1n) is 5.22. The summed E-state index contributed by atoms with van der Waals surface area (Å²) in [5.41, 5.74) is 0. The Morgan fingerprint density at radius 3 is 1.25 bits per heavy atom. The van der Waals surface area contributed by atoms with Gasteiger partial charge in [0.15, 0.2) is 12.2 Å². The quantitative estimate of drug-likeness (QED) is 0.476. The van der Waals surface area contributed by atoms with E-state index < -0.39 is 24.0 Å². The van der Waals surface area contributed by atoms with Crippen molar-refractivity contribution in [2.24, 2.45) is 0 Å². The molecule has 0 aliphatic rings. The van der Waals surface area contributed by atoms with Crippen LogP contribution in [-0.2, 0) is 9.59 Å². The van der Waals surface area contributed by atoms with E-state index in [1.807, 2.05) is 0 Å². The van der Waals surface area contributed by atoms with Crippen molar-refractivity contribution in [3.8, 4) is 0 Å². The van der Waals surface area contributed by atoms with Crippen LogP contribution in [0, 0.1) is 0 Å². The fourth-order valence-corrected chi connectivity index (χ4v) is 1.03. The van der Waals surface area contributed by atoms with Crippen LogP contribution in [0.3, 0.4) is 0 Å². The van der Waals surface area contributed by atoms with Crippen molar-refractivity contribution in [1.82, 2.24) is 10.6 Å². The minimum atomic E-state index is -1.75. The van der Waals surface area contributed by atoms with E-state index in [1.165, 1.54) is 0 Å². The van der Waals surface area contributed by atoms with Gasteiger partial charge in [0.1, 0.15) is 0 Å². The highest BCUT2D eigenvalue weighted by atomic mass is 16.3. The summed E-state index contributed by atoms with van der Waals surface area (Å²) in [4.78, 5) is 22.6. The summed E-state index contributed by atoms with van der Waals surface area (Å²) in [5, 5.41) is 23.6. The molecule has 2 amide bonds. The standard InChI is InChI=1S/C10H20N2O4/c1-5(2)11-9(15)7(13)8(14)10(16)12-6(3)4/h5-8,13-14H,1-4H3,(H,11,15)(H,12,16)/t7-,8-/m1/s1. The third kappa shape index (κ3) is 5.09. The zero-order valence-electron chi connectivity index (χ0n) is 10.0. The van der Waals surface area contributed by atoms with Gasteiger partial charge in [-0.2, -0.15) is 0 Å². The Kier molecular flexibility index (Phi) is 5.98. The minimum Gasteiger partial charge on any atom is -0.380 e. The molecule has 6 heteroatoms. The number of amides is 2. The summed E-state index contributed by atoms with van der Waals surface area (Å²) < 4.78 is 0. The molecule has 0 radical (unpaired) electrons. The summed E-state index contributed by atoms with van der Waals surface area (Å²) >= 11 is 0. The van der Waals surface area contributed by atoms with E-state index >= 15 is 0 Å². The highest BCUT2D eigenvalue weighted by Gasteiger charge is 2.30. The molecule has 94 valence electrons. The van der Waals surface area contributed by atoms with Gasteiger partial charge >= 0.3 is 0 Å². The molecule has 0 aliphatic heterocycles. The second-order valence-corrected chi connectivity index (χ2v) is 4.22. The lowest BCUT2D eigenvalue weighted by Gasteiger charge is -2.19. The van der Waals surface area contributed by atoms with Gasteiger partial charge in [-0.1, -0.05) is 0 Å². The number of carbonyl (C=O) groups is 2. The number of rotatable bonds is 5. The third-order valence-corrected chi connectivity index (χ3v) is 1.70. The Bertz CT molecular complexity index is 227. The molecule has 0 aliphatic carbocycles. The molecule has 2 atom stereocenters. The number of hydrogen-bond acceptors (Lipinski definition) is 4. The SMILES string of the molecule is CC(C)NC(=O)[C@H](O)[C@@H](O)C(=O)NC(C)C. The van der Waals surface area contributed by atoms with E-state index in [2.05, 4.69) is 10.6 Å². The van der Waals surface area contributed by atoms with Crippen molar-refractivity contribution in [3.05, 3.63) is 0 Å².